The number of imidazole rings is 1. The average molecular weight is 393 g/mol. The first-order chi connectivity index (χ1) is 14.8. The highest BCUT2D eigenvalue weighted by molar-refractivity contribution is 5.89. The molecule has 1 aromatic heterocycles. The zero-order valence-electron chi connectivity index (χ0n) is 17.0. The molecular weight excluding hydrogens is 368 g/mol. The van der Waals surface area contributed by atoms with Gasteiger partial charge in [-0.25, -0.2) is 4.98 Å². The van der Waals surface area contributed by atoms with Crippen LogP contribution in [-0.2, 0) is 13.0 Å². The summed E-state index contributed by atoms with van der Waals surface area (Å²) in [6, 6.07) is 27.7. The summed E-state index contributed by atoms with van der Waals surface area (Å²) in [5.74, 6) is 1.22. The van der Waals surface area contributed by atoms with Crippen LogP contribution in [0.2, 0.25) is 0 Å². The molecule has 1 unspecified atom stereocenters. The molecular formula is C27H24N2O. The van der Waals surface area contributed by atoms with Crippen molar-refractivity contribution in [2.45, 2.75) is 18.9 Å². The van der Waals surface area contributed by atoms with Gasteiger partial charge in [-0.2, -0.15) is 0 Å². The average Bonchev–Trinajstić information content (AvgIpc) is 3.39. The minimum atomic E-state index is 0.327. The summed E-state index contributed by atoms with van der Waals surface area (Å²) in [5.41, 5.74) is 7.69. The van der Waals surface area contributed by atoms with Crippen molar-refractivity contribution in [1.29, 1.82) is 0 Å². The second kappa shape index (κ2) is 8.03. The Morgan fingerprint density at radius 3 is 2.53 bits per heavy atom. The van der Waals surface area contributed by atoms with Crippen LogP contribution in [0.3, 0.4) is 0 Å². The lowest BCUT2D eigenvalue weighted by atomic mass is 9.91. The molecule has 1 heterocycles. The lowest BCUT2D eigenvalue weighted by Crippen LogP contribution is -2.02. The van der Waals surface area contributed by atoms with Gasteiger partial charge in [0.1, 0.15) is 5.75 Å². The molecule has 0 spiro atoms. The van der Waals surface area contributed by atoms with Crippen LogP contribution in [0.25, 0.3) is 11.6 Å². The highest BCUT2D eigenvalue weighted by Crippen LogP contribution is 2.45. The number of aromatic nitrogens is 2. The molecule has 0 fully saturated rings. The minimum absolute atomic E-state index is 0.327. The molecule has 0 aliphatic heterocycles. The molecule has 1 atom stereocenters. The predicted octanol–water partition coefficient (Wildman–Crippen LogP) is 5.82. The van der Waals surface area contributed by atoms with E-state index in [4.69, 9.17) is 4.74 Å². The summed E-state index contributed by atoms with van der Waals surface area (Å²) < 4.78 is 7.73. The Morgan fingerprint density at radius 2 is 1.77 bits per heavy atom. The third kappa shape index (κ3) is 3.55. The molecule has 3 heteroatoms. The second-order valence-electron chi connectivity index (χ2n) is 7.72. The molecule has 0 saturated carbocycles. The quantitative estimate of drug-likeness (QED) is 0.428. The van der Waals surface area contributed by atoms with Crippen LogP contribution >= 0.6 is 0 Å². The van der Waals surface area contributed by atoms with Gasteiger partial charge >= 0.3 is 0 Å². The number of ether oxygens (including phenoxy) is 1. The Bertz CT molecular complexity index is 1180. The predicted molar refractivity (Wildman–Crippen MR) is 122 cm³/mol. The summed E-state index contributed by atoms with van der Waals surface area (Å²) in [5, 5.41) is 0. The molecule has 0 amide bonds. The van der Waals surface area contributed by atoms with Crippen molar-refractivity contribution in [2.24, 2.45) is 0 Å². The molecule has 4 aromatic rings. The zero-order chi connectivity index (χ0) is 20.3. The molecule has 0 N–H and O–H groups in total. The lowest BCUT2D eigenvalue weighted by Gasteiger charge is -2.14. The van der Waals surface area contributed by atoms with Gasteiger partial charge in [0.15, 0.2) is 0 Å². The highest BCUT2D eigenvalue weighted by Gasteiger charge is 2.28. The van der Waals surface area contributed by atoms with E-state index >= 15 is 0 Å². The first-order valence-electron chi connectivity index (χ1n) is 10.3. The van der Waals surface area contributed by atoms with Gasteiger partial charge in [-0.15, -0.1) is 0 Å². The molecule has 30 heavy (non-hydrogen) atoms. The third-order valence-corrected chi connectivity index (χ3v) is 5.87. The maximum atomic E-state index is 5.52. The SMILES string of the molecule is COc1ccc2c(c1)C(=Cc1cncn1Cc1ccccc1)C(c1ccccc1)C2. The summed E-state index contributed by atoms with van der Waals surface area (Å²) >= 11 is 0. The van der Waals surface area contributed by atoms with E-state index in [1.165, 1.54) is 27.8 Å². The van der Waals surface area contributed by atoms with Crippen LogP contribution in [-0.4, -0.2) is 16.7 Å². The molecule has 3 aromatic carbocycles. The molecule has 0 radical (unpaired) electrons. The smallest absolute Gasteiger partial charge is 0.119 e. The van der Waals surface area contributed by atoms with Crippen LogP contribution in [0.5, 0.6) is 5.75 Å². The molecule has 148 valence electrons. The van der Waals surface area contributed by atoms with Crippen molar-refractivity contribution in [3.8, 4) is 5.75 Å². The molecule has 3 nitrogen and oxygen atoms in total. The van der Waals surface area contributed by atoms with E-state index in [2.05, 4.69) is 88.4 Å². The van der Waals surface area contributed by atoms with Crippen LogP contribution in [0.15, 0.2) is 91.4 Å². The van der Waals surface area contributed by atoms with Gasteiger partial charge in [0.2, 0.25) is 0 Å². The number of allylic oxidation sites excluding steroid dienone is 1. The van der Waals surface area contributed by atoms with E-state index < -0.39 is 0 Å². The van der Waals surface area contributed by atoms with Crippen LogP contribution in [0, 0.1) is 0 Å². The number of rotatable bonds is 5. The number of hydrogen-bond acceptors (Lipinski definition) is 2. The van der Waals surface area contributed by atoms with Crippen molar-refractivity contribution in [3.05, 3.63) is 119 Å². The topological polar surface area (TPSA) is 27.1 Å². The Hall–Kier alpha value is -3.59. The number of fused-ring (bicyclic) bond motifs is 1. The standard InChI is InChI=1S/C27H24N2O/c1-30-24-13-12-22-14-25(21-10-6-3-7-11-21)27(26(22)16-24)15-23-17-28-19-29(23)18-20-8-4-2-5-9-20/h2-13,15-17,19,25H,14,18H2,1H3. The van der Waals surface area contributed by atoms with Crippen molar-refractivity contribution >= 4 is 11.6 Å². The number of hydrogen-bond donors (Lipinski definition) is 0. The Morgan fingerprint density at radius 1 is 1.00 bits per heavy atom. The monoisotopic (exact) mass is 392 g/mol. The van der Waals surface area contributed by atoms with E-state index in [-0.39, 0.29) is 0 Å². The largest absolute Gasteiger partial charge is 0.497 e. The van der Waals surface area contributed by atoms with Crippen LogP contribution in [0.1, 0.15) is 33.9 Å². The molecule has 0 saturated heterocycles. The fourth-order valence-corrected chi connectivity index (χ4v) is 4.33. The maximum Gasteiger partial charge on any atom is 0.119 e. The van der Waals surface area contributed by atoms with Gasteiger partial charge in [-0.3, -0.25) is 0 Å². The van der Waals surface area contributed by atoms with Gasteiger partial charge in [-0.1, -0.05) is 66.7 Å². The summed E-state index contributed by atoms with van der Waals surface area (Å²) in [6.07, 6.45) is 7.18. The van der Waals surface area contributed by atoms with Gasteiger partial charge in [0, 0.05) is 12.5 Å². The molecule has 5 rings (SSSR count). The van der Waals surface area contributed by atoms with Crippen molar-refractivity contribution in [3.63, 3.8) is 0 Å². The van der Waals surface area contributed by atoms with E-state index in [1.807, 2.05) is 18.6 Å². The van der Waals surface area contributed by atoms with Crippen molar-refractivity contribution in [2.75, 3.05) is 7.11 Å². The number of methoxy groups -OCH3 is 1. The maximum absolute atomic E-state index is 5.52. The summed E-state index contributed by atoms with van der Waals surface area (Å²) in [4.78, 5) is 4.44. The number of nitrogens with zero attached hydrogens (tertiary/aromatic N) is 2. The fourth-order valence-electron chi connectivity index (χ4n) is 4.33. The third-order valence-electron chi connectivity index (χ3n) is 5.87. The van der Waals surface area contributed by atoms with Crippen LogP contribution < -0.4 is 4.74 Å². The normalized spacial score (nSPS) is 16.6. The minimum Gasteiger partial charge on any atom is -0.497 e. The molecule has 1 aliphatic rings. The summed E-state index contributed by atoms with van der Waals surface area (Å²) in [6.45, 7) is 0.806. The van der Waals surface area contributed by atoms with E-state index in [1.54, 1.807) is 7.11 Å². The van der Waals surface area contributed by atoms with Gasteiger partial charge in [0.25, 0.3) is 0 Å². The fraction of sp³-hybridized carbons (Fsp3) is 0.148. The highest BCUT2D eigenvalue weighted by atomic mass is 16.5. The lowest BCUT2D eigenvalue weighted by molar-refractivity contribution is 0.414. The van der Waals surface area contributed by atoms with Gasteiger partial charge < -0.3 is 9.30 Å². The second-order valence-corrected chi connectivity index (χ2v) is 7.72. The van der Waals surface area contributed by atoms with Crippen LogP contribution in [0.4, 0.5) is 0 Å². The first kappa shape index (κ1) is 18.4. The number of benzene rings is 3. The Labute approximate surface area is 177 Å². The Kier molecular flexibility index (Phi) is 4.94. The molecule has 1 aliphatic carbocycles. The van der Waals surface area contributed by atoms with Crippen molar-refractivity contribution in [1.82, 2.24) is 9.55 Å². The van der Waals surface area contributed by atoms with Gasteiger partial charge in [0.05, 0.1) is 25.3 Å². The molecule has 0 bridgehead atoms. The summed E-state index contributed by atoms with van der Waals surface area (Å²) in [7, 11) is 1.73. The van der Waals surface area contributed by atoms with Gasteiger partial charge in [-0.05, 0) is 52.5 Å². The first-order valence-corrected chi connectivity index (χ1v) is 10.3. The zero-order valence-corrected chi connectivity index (χ0v) is 17.0. The van der Waals surface area contributed by atoms with Crippen molar-refractivity contribution < 1.29 is 4.74 Å². The van der Waals surface area contributed by atoms with E-state index in [9.17, 15) is 0 Å². The Balaban J connectivity index is 1.58. The van der Waals surface area contributed by atoms with E-state index in [0.717, 1.165) is 24.4 Å². The van der Waals surface area contributed by atoms with E-state index in [0.29, 0.717) is 5.92 Å².